The Hall–Kier alpha value is -1.14. The highest BCUT2D eigenvalue weighted by Gasteiger charge is 2.32. The number of aliphatic hydroxyl groups excluding tert-OH is 1. The second-order valence-corrected chi connectivity index (χ2v) is 6.12. The smallest absolute Gasteiger partial charge is 0.239 e. The van der Waals surface area contributed by atoms with Gasteiger partial charge in [-0.25, -0.2) is 0 Å². The van der Waals surface area contributed by atoms with Crippen LogP contribution in [0, 0.1) is 5.92 Å². The summed E-state index contributed by atoms with van der Waals surface area (Å²) in [6.07, 6.45) is 0.998. The molecule has 2 amide bonds. The number of rotatable bonds is 7. The van der Waals surface area contributed by atoms with Gasteiger partial charge in [0.05, 0.1) is 19.7 Å². The normalized spacial score (nSPS) is 22.6. The van der Waals surface area contributed by atoms with Crippen LogP contribution in [0.3, 0.4) is 0 Å². The first-order valence-electron chi connectivity index (χ1n) is 7.81. The van der Waals surface area contributed by atoms with E-state index < -0.39 is 0 Å². The van der Waals surface area contributed by atoms with Crippen molar-refractivity contribution >= 4 is 11.8 Å². The molecule has 1 fully saturated rings. The van der Waals surface area contributed by atoms with Crippen LogP contribution in [0.15, 0.2) is 0 Å². The van der Waals surface area contributed by atoms with Crippen molar-refractivity contribution in [3.8, 4) is 0 Å². The summed E-state index contributed by atoms with van der Waals surface area (Å²) in [5.41, 5.74) is 0. The molecule has 1 aliphatic heterocycles. The summed E-state index contributed by atoms with van der Waals surface area (Å²) in [5.74, 6) is 0.222. The van der Waals surface area contributed by atoms with Gasteiger partial charge in [0, 0.05) is 18.6 Å². The van der Waals surface area contributed by atoms with Gasteiger partial charge in [-0.15, -0.1) is 0 Å². The third-order valence-corrected chi connectivity index (χ3v) is 4.04. The summed E-state index contributed by atoms with van der Waals surface area (Å²) in [6.45, 7) is 9.55. The highest BCUT2D eigenvalue weighted by Crippen LogP contribution is 2.23. The van der Waals surface area contributed by atoms with Crippen LogP contribution in [0.2, 0.25) is 0 Å². The third-order valence-electron chi connectivity index (χ3n) is 4.04. The Kier molecular flexibility index (Phi) is 7.11. The maximum absolute atomic E-state index is 12.3. The molecule has 1 aliphatic rings. The first-order valence-corrected chi connectivity index (χ1v) is 7.81. The van der Waals surface area contributed by atoms with E-state index in [1.165, 1.54) is 0 Å². The van der Waals surface area contributed by atoms with Crippen molar-refractivity contribution in [2.75, 3.05) is 32.8 Å². The average Bonchev–Trinajstić information content (AvgIpc) is 2.75. The van der Waals surface area contributed by atoms with E-state index >= 15 is 0 Å². The number of amides is 2. The van der Waals surface area contributed by atoms with Gasteiger partial charge in [0.25, 0.3) is 0 Å². The van der Waals surface area contributed by atoms with Gasteiger partial charge in [0.2, 0.25) is 11.8 Å². The van der Waals surface area contributed by atoms with Crippen molar-refractivity contribution in [2.24, 2.45) is 5.92 Å². The minimum Gasteiger partial charge on any atom is -0.395 e. The SMILES string of the molecule is CCN(CC(=O)NC(C)C)C(=O)CN1CCC(C)C1CO. The summed E-state index contributed by atoms with van der Waals surface area (Å²) in [7, 11) is 0. The number of likely N-dealkylation sites (tertiary alicyclic amines) is 1. The Morgan fingerprint density at radius 3 is 2.62 bits per heavy atom. The molecule has 0 aromatic heterocycles. The fraction of sp³-hybridized carbons (Fsp3) is 0.867. The number of aliphatic hydroxyl groups is 1. The highest BCUT2D eigenvalue weighted by atomic mass is 16.3. The van der Waals surface area contributed by atoms with Crippen molar-refractivity contribution in [1.29, 1.82) is 0 Å². The molecule has 0 aromatic rings. The van der Waals surface area contributed by atoms with Crippen LogP contribution in [0.1, 0.15) is 34.1 Å². The van der Waals surface area contributed by atoms with Crippen LogP contribution in [0.4, 0.5) is 0 Å². The Bertz CT molecular complexity index is 360. The molecule has 6 heteroatoms. The van der Waals surface area contributed by atoms with Crippen molar-refractivity contribution < 1.29 is 14.7 Å². The van der Waals surface area contributed by atoms with E-state index in [9.17, 15) is 14.7 Å². The van der Waals surface area contributed by atoms with Gasteiger partial charge >= 0.3 is 0 Å². The Labute approximate surface area is 127 Å². The number of hydrogen-bond acceptors (Lipinski definition) is 4. The van der Waals surface area contributed by atoms with Gasteiger partial charge in [0.1, 0.15) is 0 Å². The van der Waals surface area contributed by atoms with Gasteiger partial charge in [-0.05, 0) is 39.7 Å². The Morgan fingerprint density at radius 2 is 2.10 bits per heavy atom. The molecule has 1 saturated heterocycles. The fourth-order valence-electron chi connectivity index (χ4n) is 2.77. The molecule has 1 rings (SSSR count). The number of carbonyl (C=O) groups excluding carboxylic acids is 2. The predicted molar refractivity (Wildman–Crippen MR) is 81.8 cm³/mol. The molecule has 6 nitrogen and oxygen atoms in total. The molecule has 0 bridgehead atoms. The maximum atomic E-state index is 12.3. The van der Waals surface area contributed by atoms with E-state index in [1.807, 2.05) is 25.7 Å². The van der Waals surface area contributed by atoms with E-state index in [2.05, 4.69) is 12.2 Å². The van der Waals surface area contributed by atoms with E-state index in [4.69, 9.17) is 0 Å². The summed E-state index contributed by atoms with van der Waals surface area (Å²) in [5, 5.41) is 12.2. The average molecular weight is 299 g/mol. The summed E-state index contributed by atoms with van der Waals surface area (Å²) in [4.78, 5) is 27.7. The van der Waals surface area contributed by atoms with Crippen molar-refractivity contribution in [1.82, 2.24) is 15.1 Å². The first-order chi connectivity index (χ1) is 9.88. The summed E-state index contributed by atoms with van der Waals surface area (Å²) in [6, 6.07) is 0.127. The number of likely N-dealkylation sites (N-methyl/N-ethyl adjacent to an activating group) is 1. The van der Waals surface area contributed by atoms with Gasteiger partial charge in [-0.3, -0.25) is 14.5 Å². The molecule has 2 unspecified atom stereocenters. The van der Waals surface area contributed by atoms with E-state index in [1.54, 1.807) is 4.90 Å². The van der Waals surface area contributed by atoms with E-state index in [0.717, 1.165) is 13.0 Å². The monoisotopic (exact) mass is 299 g/mol. The van der Waals surface area contributed by atoms with Crippen LogP contribution in [-0.4, -0.2) is 71.6 Å². The molecule has 0 aromatic carbocycles. The quantitative estimate of drug-likeness (QED) is 0.697. The number of nitrogens with one attached hydrogen (secondary N) is 1. The molecule has 0 radical (unpaired) electrons. The number of nitrogens with zero attached hydrogens (tertiary/aromatic N) is 2. The molecule has 122 valence electrons. The second-order valence-electron chi connectivity index (χ2n) is 6.12. The van der Waals surface area contributed by atoms with Crippen LogP contribution >= 0.6 is 0 Å². The van der Waals surface area contributed by atoms with E-state index in [0.29, 0.717) is 12.5 Å². The van der Waals surface area contributed by atoms with Crippen LogP contribution in [0.25, 0.3) is 0 Å². The fourth-order valence-corrected chi connectivity index (χ4v) is 2.77. The first kappa shape index (κ1) is 17.9. The zero-order valence-electron chi connectivity index (χ0n) is 13.6. The van der Waals surface area contributed by atoms with Crippen molar-refractivity contribution in [2.45, 2.75) is 46.2 Å². The van der Waals surface area contributed by atoms with E-state index in [-0.39, 0.29) is 43.6 Å². The van der Waals surface area contributed by atoms with Gasteiger partial charge in [-0.1, -0.05) is 6.92 Å². The lowest BCUT2D eigenvalue weighted by molar-refractivity contribution is -0.137. The summed E-state index contributed by atoms with van der Waals surface area (Å²) >= 11 is 0. The molecule has 2 atom stereocenters. The largest absolute Gasteiger partial charge is 0.395 e. The standard InChI is InChI=1S/C15H29N3O3/c1-5-17(8-14(20)16-11(2)3)15(21)9-18-7-6-12(4)13(18)10-19/h11-13,19H,5-10H2,1-4H3,(H,16,20). The minimum atomic E-state index is -0.131. The lowest BCUT2D eigenvalue weighted by Gasteiger charge is -2.28. The summed E-state index contributed by atoms with van der Waals surface area (Å²) < 4.78 is 0. The van der Waals surface area contributed by atoms with Crippen LogP contribution in [-0.2, 0) is 9.59 Å². The molecule has 0 aliphatic carbocycles. The lowest BCUT2D eigenvalue weighted by atomic mass is 10.0. The zero-order valence-corrected chi connectivity index (χ0v) is 13.6. The van der Waals surface area contributed by atoms with Gasteiger partial charge in [0.15, 0.2) is 0 Å². The Balaban J connectivity index is 2.53. The Morgan fingerprint density at radius 1 is 1.43 bits per heavy atom. The molecule has 0 spiro atoms. The molecule has 0 saturated carbocycles. The number of hydrogen-bond donors (Lipinski definition) is 2. The van der Waals surface area contributed by atoms with Crippen molar-refractivity contribution in [3.05, 3.63) is 0 Å². The molecular formula is C15H29N3O3. The number of carbonyl (C=O) groups is 2. The highest BCUT2D eigenvalue weighted by molar-refractivity contribution is 5.85. The molecule has 2 N–H and O–H groups in total. The molecule has 21 heavy (non-hydrogen) atoms. The predicted octanol–water partition coefficient (Wildman–Crippen LogP) is 0.0622. The minimum absolute atomic E-state index is 0.0519. The van der Waals surface area contributed by atoms with Gasteiger partial charge < -0.3 is 15.3 Å². The second kappa shape index (κ2) is 8.34. The van der Waals surface area contributed by atoms with Crippen LogP contribution < -0.4 is 5.32 Å². The topological polar surface area (TPSA) is 72.9 Å². The van der Waals surface area contributed by atoms with Crippen LogP contribution in [0.5, 0.6) is 0 Å². The van der Waals surface area contributed by atoms with Gasteiger partial charge in [-0.2, -0.15) is 0 Å². The molecule has 1 heterocycles. The van der Waals surface area contributed by atoms with Crippen molar-refractivity contribution in [3.63, 3.8) is 0 Å². The zero-order chi connectivity index (χ0) is 16.0. The third kappa shape index (κ3) is 5.28. The maximum Gasteiger partial charge on any atom is 0.239 e. The lowest BCUT2D eigenvalue weighted by Crippen LogP contribution is -2.47. The molecular weight excluding hydrogens is 270 g/mol.